The Bertz CT molecular complexity index is 337. The molecule has 0 amide bonds. The lowest BCUT2D eigenvalue weighted by Crippen LogP contribution is -2.09. The number of thioether (sulfide) groups is 1. The fourth-order valence-electron chi connectivity index (χ4n) is 2.49. The van der Waals surface area contributed by atoms with Crippen LogP contribution in [0.25, 0.3) is 0 Å². The number of hydrogen-bond donors (Lipinski definition) is 0. The van der Waals surface area contributed by atoms with Crippen LogP contribution in [0.1, 0.15) is 37.7 Å². The highest BCUT2D eigenvalue weighted by atomic mass is 35.5. The molecule has 0 aliphatic carbocycles. The predicted octanol–water partition coefficient (Wildman–Crippen LogP) is 4.92. The van der Waals surface area contributed by atoms with Gasteiger partial charge in [0.2, 0.25) is 0 Å². The van der Waals surface area contributed by atoms with Gasteiger partial charge in [-0.3, -0.25) is 0 Å². The lowest BCUT2D eigenvalue weighted by atomic mass is 9.89. The second-order valence-corrected chi connectivity index (χ2v) is 5.96. The number of fused-ring (bicyclic) bond motifs is 1. The zero-order valence-electron chi connectivity index (χ0n) is 9.79. The van der Waals surface area contributed by atoms with Crippen LogP contribution in [0.5, 0.6) is 0 Å². The highest BCUT2D eigenvalue weighted by Crippen LogP contribution is 2.42. The van der Waals surface area contributed by atoms with Crippen LogP contribution >= 0.6 is 23.4 Å². The molecule has 1 aliphatic rings. The van der Waals surface area contributed by atoms with Crippen molar-refractivity contribution in [3.63, 3.8) is 0 Å². The van der Waals surface area contributed by atoms with Gasteiger partial charge in [-0.1, -0.05) is 31.5 Å². The molecule has 2 unspecified atom stereocenters. The monoisotopic (exact) mass is 254 g/mol. The number of rotatable bonds is 5. The molecule has 0 bridgehead atoms. The molecule has 0 N–H and O–H groups in total. The Kier molecular flexibility index (Phi) is 4.60. The molecule has 2 rings (SSSR count). The van der Waals surface area contributed by atoms with Crippen LogP contribution in [0, 0.1) is 5.92 Å². The molecule has 0 aromatic heterocycles. The van der Waals surface area contributed by atoms with Crippen LogP contribution in [-0.4, -0.2) is 11.6 Å². The Morgan fingerprint density at radius 3 is 3.00 bits per heavy atom. The zero-order chi connectivity index (χ0) is 11.4. The number of hydrogen-bond acceptors (Lipinski definition) is 1. The first-order chi connectivity index (χ1) is 7.85. The van der Waals surface area contributed by atoms with Gasteiger partial charge in [0.15, 0.2) is 0 Å². The fraction of sp³-hybridized carbons (Fsp3) is 0.571. The molecule has 0 radical (unpaired) electrons. The Hall–Kier alpha value is -0.140. The third-order valence-corrected chi connectivity index (χ3v) is 5.02. The van der Waals surface area contributed by atoms with Crippen LogP contribution < -0.4 is 0 Å². The molecule has 1 heterocycles. The van der Waals surface area contributed by atoms with E-state index in [1.54, 1.807) is 5.56 Å². The van der Waals surface area contributed by atoms with Gasteiger partial charge in [0.25, 0.3) is 0 Å². The van der Waals surface area contributed by atoms with Crippen molar-refractivity contribution in [1.29, 1.82) is 0 Å². The van der Waals surface area contributed by atoms with Crippen molar-refractivity contribution in [2.24, 2.45) is 5.92 Å². The normalized spacial score (nSPS) is 20.8. The number of alkyl halides is 1. The molecule has 0 saturated heterocycles. The number of halogens is 1. The van der Waals surface area contributed by atoms with Crippen LogP contribution in [-0.2, 0) is 0 Å². The van der Waals surface area contributed by atoms with Crippen molar-refractivity contribution in [3.8, 4) is 0 Å². The molecule has 16 heavy (non-hydrogen) atoms. The van der Waals surface area contributed by atoms with Gasteiger partial charge in [0, 0.05) is 16.5 Å². The smallest absolute Gasteiger partial charge is 0.0251 e. The second kappa shape index (κ2) is 5.97. The molecule has 1 aromatic carbocycles. The third-order valence-electron chi connectivity index (χ3n) is 3.33. The van der Waals surface area contributed by atoms with E-state index in [1.165, 1.54) is 29.9 Å². The second-order valence-electron chi connectivity index (χ2n) is 4.59. The first kappa shape index (κ1) is 12.3. The maximum atomic E-state index is 6.05. The van der Waals surface area contributed by atoms with E-state index in [0.29, 0.717) is 5.92 Å². The van der Waals surface area contributed by atoms with E-state index in [1.807, 2.05) is 11.8 Å². The summed E-state index contributed by atoms with van der Waals surface area (Å²) in [5.41, 5.74) is 1.55. The van der Waals surface area contributed by atoms with Crippen molar-refractivity contribution in [2.45, 2.75) is 37.0 Å². The lowest BCUT2D eigenvalue weighted by Gasteiger charge is -2.18. The standard InChI is InChI=1S/C14H19ClS/c1-2-5-11(9-15)8-12-10-16-14-7-4-3-6-13(12)14/h3-4,6-7,11-12H,2,5,8-10H2,1H3. The molecular formula is C14H19ClS. The maximum absolute atomic E-state index is 6.05. The van der Waals surface area contributed by atoms with Crippen LogP contribution in [0.4, 0.5) is 0 Å². The summed E-state index contributed by atoms with van der Waals surface area (Å²) in [7, 11) is 0. The molecule has 88 valence electrons. The summed E-state index contributed by atoms with van der Waals surface area (Å²) in [5.74, 6) is 3.49. The average molecular weight is 255 g/mol. The van der Waals surface area contributed by atoms with Gasteiger partial charge in [0.1, 0.15) is 0 Å². The predicted molar refractivity (Wildman–Crippen MR) is 73.6 cm³/mol. The van der Waals surface area contributed by atoms with Crippen molar-refractivity contribution in [3.05, 3.63) is 29.8 Å². The first-order valence-corrected chi connectivity index (χ1v) is 7.64. The molecule has 0 spiro atoms. The SMILES string of the molecule is CCCC(CCl)CC1CSc2ccccc21. The molecule has 2 heteroatoms. The lowest BCUT2D eigenvalue weighted by molar-refractivity contribution is 0.457. The van der Waals surface area contributed by atoms with Crippen LogP contribution in [0.15, 0.2) is 29.2 Å². The number of benzene rings is 1. The largest absolute Gasteiger partial charge is 0.126 e. The van der Waals surface area contributed by atoms with E-state index in [0.717, 1.165) is 11.8 Å². The summed E-state index contributed by atoms with van der Waals surface area (Å²) in [4.78, 5) is 1.48. The molecule has 1 aromatic rings. The van der Waals surface area contributed by atoms with E-state index in [-0.39, 0.29) is 0 Å². The van der Waals surface area contributed by atoms with Crippen LogP contribution in [0.3, 0.4) is 0 Å². The molecule has 0 nitrogen and oxygen atoms in total. The summed E-state index contributed by atoms with van der Waals surface area (Å²) >= 11 is 8.05. The molecule has 2 atom stereocenters. The summed E-state index contributed by atoms with van der Waals surface area (Å²) in [6, 6.07) is 8.83. The van der Waals surface area contributed by atoms with Gasteiger partial charge in [-0.2, -0.15) is 0 Å². The highest BCUT2D eigenvalue weighted by Gasteiger charge is 2.24. The Labute approximate surface area is 108 Å². The van der Waals surface area contributed by atoms with E-state index in [9.17, 15) is 0 Å². The zero-order valence-corrected chi connectivity index (χ0v) is 11.4. The summed E-state index contributed by atoms with van der Waals surface area (Å²) in [6.07, 6.45) is 3.78. The van der Waals surface area contributed by atoms with Gasteiger partial charge in [0.05, 0.1) is 0 Å². The van der Waals surface area contributed by atoms with Gasteiger partial charge in [-0.25, -0.2) is 0 Å². The molecule has 0 saturated carbocycles. The molecule has 1 aliphatic heterocycles. The van der Waals surface area contributed by atoms with Gasteiger partial charge in [-0.05, 0) is 36.3 Å². The van der Waals surface area contributed by atoms with Crippen LogP contribution in [0.2, 0.25) is 0 Å². The van der Waals surface area contributed by atoms with E-state index < -0.39 is 0 Å². The molecule has 0 fully saturated rings. The quantitative estimate of drug-likeness (QED) is 0.672. The highest BCUT2D eigenvalue weighted by molar-refractivity contribution is 7.99. The van der Waals surface area contributed by atoms with E-state index in [4.69, 9.17) is 11.6 Å². The topological polar surface area (TPSA) is 0 Å². The van der Waals surface area contributed by atoms with Crippen molar-refractivity contribution in [1.82, 2.24) is 0 Å². The van der Waals surface area contributed by atoms with Crippen molar-refractivity contribution in [2.75, 3.05) is 11.6 Å². The van der Waals surface area contributed by atoms with Gasteiger partial charge < -0.3 is 0 Å². The minimum Gasteiger partial charge on any atom is -0.126 e. The summed E-state index contributed by atoms with van der Waals surface area (Å²) < 4.78 is 0. The summed E-state index contributed by atoms with van der Waals surface area (Å²) in [6.45, 7) is 2.25. The minimum atomic E-state index is 0.698. The average Bonchev–Trinajstić information content (AvgIpc) is 2.72. The molecular weight excluding hydrogens is 236 g/mol. The summed E-state index contributed by atoms with van der Waals surface area (Å²) in [5, 5.41) is 0. The fourth-order valence-corrected chi connectivity index (χ4v) is 4.05. The maximum Gasteiger partial charge on any atom is 0.0251 e. The Morgan fingerprint density at radius 2 is 2.25 bits per heavy atom. The van der Waals surface area contributed by atoms with Crippen molar-refractivity contribution < 1.29 is 0 Å². The van der Waals surface area contributed by atoms with Gasteiger partial charge >= 0.3 is 0 Å². The minimum absolute atomic E-state index is 0.698. The first-order valence-electron chi connectivity index (χ1n) is 6.12. The Morgan fingerprint density at radius 1 is 1.44 bits per heavy atom. The van der Waals surface area contributed by atoms with Crippen molar-refractivity contribution >= 4 is 23.4 Å². The Balaban J connectivity index is 2.02. The van der Waals surface area contributed by atoms with Gasteiger partial charge in [-0.15, -0.1) is 23.4 Å². The third kappa shape index (κ3) is 2.75. The van der Waals surface area contributed by atoms with E-state index >= 15 is 0 Å². The van der Waals surface area contributed by atoms with E-state index in [2.05, 4.69) is 31.2 Å².